The Morgan fingerprint density at radius 2 is 1.00 bits per heavy atom. The summed E-state index contributed by atoms with van der Waals surface area (Å²) >= 11 is 1.48. The van der Waals surface area contributed by atoms with Crippen LogP contribution < -0.4 is 0 Å². The first kappa shape index (κ1) is 24.0. The molecule has 0 fully saturated rings. The zero-order chi connectivity index (χ0) is 18.3. The van der Waals surface area contributed by atoms with Gasteiger partial charge in [-0.2, -0.15) is 33.7 Å². The monoisotopic (exact) mass is 376 g/mol. The summed E-state index contributed by atoms with van der Waals surface area (Å²) in [4.78, 5) is 0. The largest absolute Gasteiger partial charge is 0.453 e. The molecule has 0 aliphatic carbocycles. The molecule has 0 aromatic heterocycles. The molecule has 0 spiro atoms. The maximum absolute atomic E-state index is 12.7. The summed E-state index contributed by atoms with van der Waals surface area (Å²) in [6.45, 7) is 2.22. The van der Waals surface area contributed by atoms with Crippen molar-refractivity contribution < 1.29 is 22.0 Å². The van der Waals surface area contributed by atoms with Gasteiger partial charge in [0.25, 0.3) is 0 Å². The van der Waals surface area contributed by atoms with Gasteiger partial charge in [-0.05, 0) is 24.3 Å². The van der Waals surface area contributed by atoms with Gasteiger partial charge in [0.1, 0.15) is 0 Å². The van der Waals surface area contributed by atoms with Gasteiger partial charge < -0.3 is 0 Å². The van der Waals surface area contributed by atoms with E-state index in [1.807, 2.05) is 0 Å². The highest BCUT2D eigenvalue weighted by Gasteiger charge is 2.56. The molecule has 0 amide bonds. The van der Waals surface area contributed by atoms with Crippen molar-refractivity contribution >= 4 is 11.8 Å². The van der Waals surface area contributed by atoms with Gasteiger partial charge in [0, 0.05) is 6.42 Å². The van der Waals surface area contributed by atoms with Crippen molar-refractivity contribution in [2.75, 3.05) is 11.5 Å². The fourth-order valence-electron chi connectivity index (χ4n) is 2.51. The van der Waals surface area contributed by atoms with Crippen LogP contribution in [0.5, 0.6) is 0 Å². The third kappa shape index (κ3) is 13.3. The first-order valence-corrected chi connectivity index (χ1v) is 10.5. The zero-order valence-corrected chi connectivity index (χ0v) is 15.7. The predicted molar refractivity (Wildman–Crippen MR) is 94.0 cm³/mol. The van der Waals surface area contributed by atoms with Crippen LogP contribution in [0.1, 0.15) is 90.4 Å². The molecule has 0 heterocycles. The number of rotatable bonds is 16. The summed E-state index contributed by atoms with van der Waals surface area (Å²) in [7, 11) is 0. The van der Waals surface area contributed by atoms with Gasteiger partial charge in [0.2, 0.25) is 0 Å². The molecule has 0 aromatic carbocycles. The van der Waals surface area contributed by atoms with Crippen molar-refractivity contribution in [1.82, 2.24) is 0 Å². The standard InChI is InChI=1S/C18H33F5S/c1-2-3-4-5-6-7-8-9-10-11-12-15-24-16-13-14-17(19,20)18(21,22)23/h2-16H2,1H3. The Bertz CT molecular complexity index is 279. The van der Waals surface area contributed by atoms with E-state index in [9.17, 15) is 22.0 Å². The molecule has 0 aliphatic heterocycles. The van der Waals surface area contributed by atoms with Crippen LogP contribution in [0.3, 0.4) is 0 Å². The second-order valence-corrected chi connectivity index (χ2v) is 7.68. The average molecular weight is 377 g/mol. The highest BCUT2D eigenvalue weighted by molar-refractivity contribution is 7.99. The van der Waals surface area contributed by atoms with Gasteiger partial charge >= 0.3 is 12.1 Å². The molecule has 0 N–H and O–H groups in total. The second kappa shape index (κ2) is 14.2. The summed E-state index contributed by atoms with van der Waals surface area (Å²) in [5, 5.41) is 0. The normalized spacial score (nSPS) is 12.8. The molecule has 0 saturated heterocycles. The molecular weight excluding hydrogens is 343 g/mol. The maximum Gasteiger partial charge on any atom is 0.453 e. The van der Waals surface area contributed by atoms with Crippen LogP contribution in [-0.2, 0) is 0 Å². The van der Waals surface area contributed by atoms with Crippen molar-refractivity contribution in [1.29, 1.82) is 0 Å². The lowest BCUT2D eigenvalue weighted by Gasteiger charge is -2.19. The minimum atomic E-state index is -5.41. The van der Waals surface area contributed by atoms with Crippen LogP contribution >= 0.6 is 11.8 Å². The minimum absolute atomic E-state index is 0.0881. The van der Waals surface area contributed by atoms with Gasteiger partial charge in [-0.15, -0.1) is 0 Å². The van der Waals surface area contributed by atoms with Crippen molar-refractivity contribution in [3.63, 3.8) is 0 Å². The summed E-state index contributed by atoms with van der Waals surface area (Å²) in [6, 6.07) is 0. The van der Waals surface area contributed by atoms with Crippen LogP contribution in [-0.4, -0.2) is 23.6 Å². The van der Waals surface area contributed by atoms with E-state index in [0.717, 1.165) is 18.6 Å². The van der Waals surface area contributed by atoms with Gasteiger partial charge in [0.15, 0.2) is 0 Å². The lowest BCUT2D eigenvalue weighted by molar-refractivity contribution is -0.284. The Morgan fingerprint density at radius 3 is 1.46 bits per heavy atom. The van der Waals surface area contributed by atoms with E-state index in [2.05, 4.69) is 6.92 Å². The number of hydrogen-bond acceptors (Lipinski definition) is 1. The van der Waals surface area contributed by atoms with E-state index in [1.54, 1.807) is 0 Å². The zero-order valence-electron chi connectivity index (χ0n) is 14.9. The smallest absolute Gasteiger partial charge is 0.196 e. The first-order valence-electron chi connectivity index (χ1n) is 9.33. The van der Waals surface area contributed by atoms with Crippen LogP contribution in [0.2, 0.25) is 0 Å². The number of alkyl halides is 5. The maximum atomic E-state index is 12.7. The van der Waals surface area contributed by atoms with E-state index in [1.165, 1.54) is 69.5 Å². The van der Waals surface area contributed by atoms with Crippen molar-refractivity contribution in [2.24, 2.45) is 0 Å². The van der Waals surface area contributed by atoms with Crippen LogP contribution in [0.4, 0.5) is 22.0 Å². The van der Waals surface area contributed by atoms with Gasteiger partial charge in [0.05, 0.1) is 0 Å². The fourth-order valence-corrected chi connectivity index (χ4v) is 3.47. The Morgan fingerprint density at radius 1 is 0.583 bits per heavy atom. The van der Waals surface area contributed by atoms with Gasteiger partial charge in [-0.3, -0.25) is 0 Å². The quantitative estimate of drug-likeness (QED) is 0.194. The molecule has 0 aromatic rings. The molecule has 0 radical (unpaired) electrons. The summed E-state index contributed by atoms with van der Waals surface area (Å²) in [5.41, 5.74) is 0. The highest BCUT2D eigenvalue weighted by Crippen LogP contribution is 2.39. The van der Waals surface area contributed by atoms with E-state index in [0.29, 0.717) is 5.75 Å². The molecule has 0 atom stereocenters. The van der Waals surface area contributed by atoms with E-state index in [4.69, 9.17) is 0 Å². The number of halogens is 5. The fraction of sp³-hybridized carbons (Fsp3) is 1.00. The number of thioether (sulfide) groups is 1. The molecule has 0 unspecified atom stereocenters. The summed E-state index contributed by atoms with van der Waals surface area (Å²) < 4.78 is 61.2. The van der Waals surface area contributed by atoms with Gasteiger partial charge in [-0.25, -0.2) is 0 Å². The SMILES string of the molecule is CCCCCCCCCCCCCSCCCC(F)(F)C(F)(F)F. The Balaban J connectivity index is 3.24. The lowest BCUT2D eigenvalue weighted by atomic mass is 10.1. The molecule has 0 saturated carbocycles. The van der Waals surface area contributed by atoms with E-state index >= 15 is 0 Å². The Labute approximate surface area is 148 Å². The Kier molecular flexibility index (Phi) is 14.2. The molecule has 0 bridgehead atoms. The molecule has 24 heavy (non-hydrogen) atoms. The molecule has 6 heteroatoms. The lowest BCUT2D eigenvalue weighted by Crippen LogP contribution is -2.36. The molecule has 146 valence electrons. The van der Waals surface area contributed by atoms with Gasteiger partial charge in [-0.1, -0.05) is 71.1 Å². The third-order valence-corrected chi connectivity index (χ3v) is 5.24. The molecule has 0 aliphatic rings. The van der Waals surface area contributed by atoms with Crippen molar-refractivity contribution in [3.05, 3.63) is 0 Å². The van der Waals surface area contributed by atoms with Crippen LogP contribution in [0.15, 0.2) is 0 Å². The van der Waals surface area contributed by atoms with Crippen molar-refractivity contribution in [2.45, 2.75) is 102 Å². The van der Waals surface area contributed by atoms with E-state index in [-0.39, 0.29) is 6.42 Å². The molecule has 0 rings (SSSR count). The molecular formula is C18H33F5S. The number of unbranched alkanes of at least 4 members (excludes halogenated alkanes) is 10. The summed E-state index contributed by atoms with van der Waals surface area (Å²) in [5.74, 6) is -3.30. The van der Waals surface area contributed by atoms with Crippen LogP contribution in [0.25, 0.3) is 0 Å². The predicted octanol–water partition coefficient (Wildman–Crippen LogP) is 8.01. The second-order valence-electron chi connectivity index (χ2n) is 6.45. The topological polar surface area (TPSA) is 0 Å². The number of hydrogen-bond donors (Lipinski definition) is 0. The highest BCUT2D eigenvalue weighted by atomic mass is 32.2. The van der Waals surface area contributed by atoms with Crippen LogP contribution in [0, 0.1) is 0 Å². The minimum Gasteiger partial charge on any atom is -0.196 e. The first-order chi connectivity index (χ1) is 11.3. The Hall–Kier alpha value is -0.0000000000000000555. The summed E-state index contributed by atoms with van der Waals surface area (Å²) in [6.07, 6.45) is 7.24. The van der Waals surface area contributed by atoms with Crippen molar-refractivity contribution in [3.8, 4) is 0 Å². The third-order valence-electron chi connectivity index (χ3n) is 4.09. The van der Waals surface area contributed by atoms with E-state index < -0.39 is 18.5 Å². The molecule has 0 nitrogen and oxygen atoms in total. The average Bonchev–Trinajstić information content (AvgIpc) is 2.50.